The summed E-state index contributed by atoms with van der Waals surface area (Å²) in [5.41, 5.74) is 0.678. The lowest BCUT2D eigenvalue weighted by Crippen LogP contribution is -2.13. The molecule has 1 atom stereocenters. The summed E-state index contributed by atoms with van der Waals surface area (Å²) in [5, 5.41) is 20.8. The minimum atomic E-state index is -0.643. The summed E-state index contributed by atoms with van der Waals surface area (Å²) >= 11 is 4.70. The highest BCUT2D eigenvalue weighted by Gasteiger charge is 2.23. The van der Waals surface area contributed by atoms with Crippen LogP contribution in [0.2, 0.25) is 0 Å². The van der Waals surface area contributed by atoms with Crippen LogP contribution in [-0.2, 0) is 20.7 Å². The van der Waals surface area contributed by atoms with Crippen molar-refractivity contribution >= 4 is 38.3 Å². The molecule has 2 heterocycles. The van der Waals surface area contributed by atoms with E-state index in [2.05, 4.69) is 31.4 Å². The van der Waals surface area contributed by atoms with Crippen LogP contribution in [0.4, 0.5) is 5.13 Å². The van der Waals surface area contributed by atoms with Gasteiger partial charge in [0, 0.05) is 16.1 Å². The number of benzene rings is 1. The first kappa shape index (κ1) is 18.1. The number of nitrogens with one attached hydrogen (secondary N) is 1. The molecule has 1 N–H and O–H groups in total. The van der Waals surface area contributed by atoms with Gasteiger partial charge in [-0.05, 0) is 12.5 Å². The monoisotopic (exact) mass is 432 g/mol. The number of rotatable bonds is 5. The van der Waals surface area contributed by atoms with E-state index in [-0.39, 0.29) is 11.3 Å². The number of anilines is 1. The van der Waals surface area contributed by atoms with Gasteiger partial charge in [0.25, 0.3) is 12.2 Å². The SMILES string of the molecule is CCc1nnc(NC(=O)C(C#N)=CC2=COC(c3ccccc3Br)O2)s1. The van der Waals surface area contributed by atoms with Gasteiger partial charge in [-0.2, -0.15) is 5.26 Å². The van der Waals surface area contributed by atoms with Crippen LogP contribution in [0, 0.1) is 11.3 Å². The van der Waals surface area contributed by atoms with Crippen molar-refractivity contribution < 1.29 is 14.3 Å². The van der Waals surface area contributed by atoms with E-state index in [1.807, 2.05) is 37.3 Å². The van der Waals surface area contributed by atoms with E-state index in [0.717, 1.165) is 21.5 Å². The van der Waals surface area contributed by atoms with Gasteiger partial charge in [0.05, 0.1) is 0 Å². The van der Waals surface area contributed by atoms with Crippen LogP contribution in [0.3, 0.4) is 0 Å². The number of halogens is 1. The number of hydrogen-bond acceptors (Lipinski definition) is 7. The molecule has 1 unspecified atom stereocenters. The normalized spacial score (nSPS) is 16.3. The van der Waals surface area contributed by atoms with Gasteiger partial charge in [-0.15, -0.1) is 10.2 Å². The molecule has 2 aromatic rings. The Labute approximate surface area is 162 Å². The van der Waals surface area contributed by atoms with Crippen molar-refractivity contribution in [1.29, 1.82) is 5.26 Å². The summed E-state index contributed by atoms with van der Waals surface area (Å²) in [7, 11) is 0. The zero-order valence-corrected chi connectivity index (χ0v) is 16.0. The zero-order chi connectivity index (χ0) is 18.5. The predicted molar refractivity (Wildman–Crippen MR) is 98.7 cm³/mol. The Morgan fingerprint density at radius 2 is 2.27 bits per heavy atom. The molecule has 0 fully saturated rings. The van der Waals surface area contributed by atoms with Crippen molar-refractivity contribution in [1.82, 2.24) is 10.2 Å². The second-order valence-electron chi connectivity index (χ2n) is 5.11. The number of aryl methyl sites for hydroxylation is 1. The first-order valence-electron chi connectivity index (χ1n) is 7.63. The number of allylic oxidation sites excluding steroid dienone is 1. The van der Waals surface area contributed by atoms with Crippen LogP contribution in [0.5, 0.6) is 0 Å². The molecule has 9 heteroatoms. The van der Waals surface area contributed by atoms with E-state index in [0.29, 0.717) is 5.13 Å². The summed E-state index contributed by atoms with van der Waals surface area (Å²) in [4.78, 5) is 12.2. The van der Waals surface area contributed by atoms with Gasteiger partial charge in [-0.3, -0.25) is 10.1 Å². The van der Waals surface area contributed by atoms with Crippen LogP contribution < -0.4 is 5.32 Å². The second-order valence-corrected chi connectivity index (χ2v) is 7.02. The predicted octanol–water partition coefficient (Wildman–Crippen LogP) is 3.84. The van der Waals surface area contributed by atoms with Gasteiger partial charge >= 0.3 is 0 Å². The van der Waals surface area contributed by atoms with Crippen LogP contribution >= 0.6 is 27.3 Å². The molecule has 132 valence electrons. The van der Waals surface area contributed by atoms with E-state index in [9.17, 15) is 10.1 Å². The van der Waals surface area contributed by atoms with Crippen molar-refractivity contribution in [3.05, 3.63) is 63.0 Å². The smallest absolute Gasteiger partial charge is 0.268 e. The van der Waals surface area contributed by atoms with Crippen LogP contribution in [0.1, 0.15) is 23.8 Å². The van der Waals surface area contributed by atoms with Gasteiger partial charge in [-0.25, -0.2) is 0 Å². The summed E-state index contributed by atoms with van der Waals surface area (Å²) in [6.07, 6.45) is 2.78. The molecule has 0 saturated heterocycles. The molecule has 1 aromatic heterocycles. The third kappa shape index (κ3) is 4.09. The average Bonchev–Trinajstić information content (AvgIpc) is 3.29. The van der Waals surface area contributed by atoms with Gasteiger partial charge in [0.2, 0.25) is 5.13 Å². The number of carbonyl (C=O) groups excluding carboxylic acids is 1. The minimum Gasteiger partial charge on any atom is -0.454 e. The largest absolute Gasteiger partial charge is 0.454 e. The van der Waals surface area contributed by atoms with Crippen LogP contribution in [0.25, 0.3) is 0 Å². The molecule has 7 nitrogen and oxygen atoms in total. The molecule has 0 aliphatic carbocycles. The van der Waals surface area contributed by atoms with Crippen molar-refractivity contribution in [3.63, 3.8) is 0 Å². The molecule has 0 radical (unpaired) electrons. The number of nitrogens with zero attached hydrogens (tertiary/aromatic N) is 3. The molecule has 1 aromatic carbocycles. The van der Waals surface area contributed by atoms with Crippen molar-refractivity contribution in [2.75, 3.05) is 5.32 Å². The lowest BCUT2D eigenvalue weighted by atomic mass is 10.2. The Kier molecular flexibility index (Phi) is 5.65. The number of carbonyl (C=O) groups is 1. The molecule has 0 spiro atoms. The molecular formula is C17H13BrN4O3S. The second kappa shape index (κ2) is 8.12. The molecule has 3 rings (SSSR count). The maximum atomic E-state index is 12.2. The topological polar surface area (TPSA) is 97.1 Å². The maximum absolute atomic E-state index is 12.2. The number of aromatic nitrogens is 2. The highest BCUT2D eigenvalue weighted by molar-refractivity contribution is 9.10. The molecule has 0 saturated carbocycles. The Morgan fingerprint density at radius 1 is 1.46 bits per heavy atom. The molecule has 26 heavy (non-hydrogen) atoms. The van der Waals surface area contributed by atoms with Crippen molar-refractivity contribution in [2.24, 2.45) is 0 Å². The summed E-state index contributed by atoms with van der Waals surface area (Å²) < 4.78 is 12.0. The van der Waals surface area contributed by atoms with E-state index in [1.165, 1.54) is 23.7 Å². The molecule has 0 bridgehead atoms. The minimum absolute atomic E-state index is 0.124. The summed E-state index contributed by atoms with van der Waals surface area (Å²) in [6, 6.07) is 9.33. The number of nitriles is 1. The summed E-state index contributed by atoms with van der Waals surface area (Å²) in [6.45, 7) is 1.94. The average molecular weight is 433 g/mol. The fourth-order valence-electron chi connectivity index (χ4n) is 2.08. The van der Waals surface area contributed by atoms with Gasteiger partial charge in [0.1, 0.15) is 22.9 Å². The Balaban J connectivity index is 1.68. The quantitative estimate of drug-likeness (QED) is 0.569. The van der Waals surface area contributed by atoms with E-state index < -0.39 is 12.2 Å². The third-order valence-corrected chi connectivity index (χ3v) is 5.06. The number of amides is 1. The van der Waals surface area contributed by atoms with Crippen molar-refractivity contribution in [2.45, 2.75) is 19.6 Å². The fourth-order valence-corrected chi connectivity index (χ4v) is 3.23. The van der Waals surface area contributed by atoms with Crippen LogP contribution in [0.15, 0.2) is 52.4 Å². The van der Waals surface area contributed by atoms with E-state index in [4.69, 9.17) is 9.47 Å². The maximum Gasteiger partial charge on any atom is 0.268 e. The molecule has 1 aliphatic heterocycles. The third-order valence-electron chi connectivity index (χ3n) is 3.35. The fraction of sp³-hybridized carbons (Fsp3) is 0.176. The van der Waals surface area contributed by atoms with Crippen LogP contribution in [-0.4, -0.2) is 16.1 Å². The van der Waals surface area contributed by atoms with Gasteiger partial charge < -0.3 is 9.47 Å². The molecule has 1 amide bonds. The summed E-state index contributed by atoms with van der Waals surface area (Å²) in [5.74, 6) is -0.302. The first-order valence-corrected chi connectivity index (χ1v) is 9.24. The Hall–Kier alpha value is -2.70. The highest BCUT2D eigenvalue weighted by atomic mass is 79.9. The molecule has 1 aliphatic rings. The van der Waals surface area contributed by atoms with Crippen molar-refractivity contribution in [3.8, 4) is 6.07 Å². The zero-order valence-electron chi connectivity index (χ0n) is 13.6. The van der Waals surface area contributed by atoms with Gasteiger partial charge in [-0.1, -0.05) is 52.4 Å². The van der Waals surface area contributed by atoms with E-state index in [1.54, 1.807) is 0 Å². The number of hydrogen-bond donors (Lipinski definition) is 1. The standard InChI is InChI=1S/C17H13BrN4O3S/c1-2-14-21-22-17(26-14)20-15(23)10(8-19)7-11-9-24-16(25-11)12-5-3-4-6-13(12)18/h3-7,9,16H,2H2,1H3,(H,20,22,23). The first-order chi connectivity index (χ1) is 12.6. The number of ether oxygens (including phenoxy) is 2. The highest BCUT2D eigenvalue weighted by Crippen LogP contribution is 2.33. The van der Waals surface area contributed by atoms with E-state index >= 15 is 0 Å². The Bertz CT molecular complexity index is 932. The lowest BCUT2D eigenvalue weighted by molar-refractivity contribution is -0.112. The Morgan fingerprint density at radius 3 is 2.96 bits per heavy atom. The molecular weight excluding hydrogens is 420 g/mol. The van der Waals surface area contributed by atoms with Gasteiger partial charge in [0.15, 0.2) is 5.76 Å². The lowest BCUT2D eigenvalue weighted by Gasteiger charge is -2.12.